The maximum Gasteiger partial charge on any atom is 0.173 e. The van der Waals surface area contributed by atoms with Crippen molar-refractivity contribution in [2.24, 2.45) is 0 Å². The molecule has 2 aliphatic heterocycles. The van der Waals surface area contributed by atoms with E-state index in [1.807, 2.05) is 16.8 Å². The van der Waals surface area contributed by atoms with Gasteiger partial charge in [-0.2, -0.15) is 0 Å². The molecule has 6 nitrogen and oxygen atoms in total. The number of hydrogen-bond donors (Lipinski definition) is 0. The van der Waals surface area contributed by atoms with Crippen molar-refractivity contribution in [1.29, 1.82) is 0 Å². The molecule has 156 valence electrons. The molecule has 2 fully saturated rings. The van der Waals surface area contributed by atoms with Crippen molar-refractivity contribution in [2.45, 2.75) is 31.5 Å². The van der Waals surface area contributed by atoms with E-state index in [4.69, 9.17) is 11.6 Å². The number of hydrogen-bond acceptors (Lipinski definition) is 5. The van der Waals surface area contributed by atoms with E-state index in [0.717, 1.165) is 36.6 Å². The molecular weight excluding hydrogens is 403 g/mol. The second-order valence-corrected chi connectivity index (χ2v) is 8.54. The van der Waals surface area contributed by atoms with Gasteiger partial charge in [0.15, 0.2) is 5.82 Å². The Morgan fingerprint density at radius 1 is 1.03 bits per heavy atom. The number of aromatic nitrogens is 4. The number of nitrogens with zero attached hydrogens (tertiary/aromatic N) is 6. The second-order valence-electron chi connectivity index (χ2n) is 8.10. The first-order chi connectivity index (χ1) is 14.7. The van der Waals surface area contributed by atoms with Gasteiger partial charge in [0.25, 0.3) is 0 Å². The zero-order valence-corrected chi connectivity index (χ0v) is 17.4. The summed E-state index contributed by atoms with van der Waals surface area (Å²) in [6, 6.07) is 15.0. The Labute approximate surface area is 180 Å². The van der Waals surface area contributed by atoms with Crippen LogP contribution in [0.5, 0.6) is 0 Å². The fourth-order valence-electron chi connectivity index (χ4n) is 4.70. The molecule has 0 spiro atoms. The molecular formula is C22H24ClFN6. The van der Waals surface area contributed by atoms with Crippen LogP contribution in [0, 0.1) is 5.82 Å². The lowest BCUT2D eigenvalue weighted by molar-refractivity contribution is 0.0794. The molecule has 0 amide bonds. The Morgan fingerprint density at radius 3 is 2.63 bits per heavy atom. The molecule has 30 heavy (non-hydrogen) atoms. The summed E-state index contributed by atoms with van der Waals surface area (Å²) >= 11 is 6.15. The largest absolute Gasteiger partial charge is 0.298 e. The lowest BCUT2D eigenvalue weighted by Gasteiger charge is -2.41. The third-order valence-corrected chi connectivity index (χ3v) is 6.47. The number of piperazine rings is 1. The van der Waals surface area contributed by atoms with Gasteiger partial charge >= 0.3 is 0 Å². The molecule has 2 aromatic carbocycles. The van der Waals surface area contributed by atoms with Crippen molar-refractivity contribution in [2.75, 3.05) is 26.2 Å². The Morgan fingerprint density at radius 2 is 1.83 bits per heavy atom. The smallest absolute Gasteiger partial charge is 0.173 e. The van der Waals surface area contributed by atoms with Gasteiger partial charge in [0.2, 0.25) is 0 Å². The lowest BCUT2D eigenvalue weighted by Crippen LogP contribution is -2.51. The van der Waals surface area contributed by atoms with E-state index in [9.17, 15) is 4.39 Å². The van der Waals surface area contributed by atoms with Crippen LogP contribution in [0.3, 0.4) is 0 Å². The Bertz CT molecular complexity index is 990. The van der Waals surface area contributed by atoms with Gasteiger partial charge in [0.1, 0.15) is 5.82 Å². The molecule has 0 N–H and O–H groups in total. The Hall–Kier alpha value is -2.35. The van der Waals surface area contributed by atoms with Crippen LogP contribution in [0.1, 0.15) is 35.8 Å². The first-order valence-corrected chi connectivity index (χ1v) is 10.8. The topological polar surface area (TPSA) is 50.1 Å². The van der Waals surface area contributed by atoms with Crippen molar-refractivity contribution in [3.05, 3.63) is 76.3 Å². The van der Waals surface area contributed by atoms with Crippen LogP contribution in [0.2, 0.25) is 5.02 Å². The van der Waals surface area contributed by atoms with E-state index in [1.165, 1.54) is 31.5 Å². The van der Waals surface area contributed by atoms with E-state index >= 15 is 0 Å². The number of tetrazole rings is 1. The first kappa shape index (κ1) is 19.6. The van der Waals surface area contributed by atoms with E-state index in [0.29, 0.717) is 17.6 Å². The summed E-state index contributed by atoms with van der Waals surface area (Å²) in [4.78, 5) is 5.08. The van der Waals surface area contributed by atoms with Crippen LogP contribution >= 0.6 is 11.6 Å². The molecule has 3 heterocycles. The molecule has 2 saturated heterocycles. The van der Waals surface area contributed by atoms with Crippen LogP contribution in [0.4, 0.5) is 4.39 Å². The van der Waals surface area contributed by atoms with Crippen LogP contribution in [-0.4, -0.2) is 62.2 Å². The van der Waals surface area contributed by atoms with Gasteiger partial charge < -0.3 is 0 Å². The summed E-state index contributed by atoms with van der Waals surface area (Å²) < 4.78 is 15.1. The predicted molar refractivity (Wildman–Crippen MR) is 113 cm³/mol. The second kappa shape index (κ2) is 8.41. The summed E-state index contributed by atoms with van der Waals surface area (Å²) in [5.41, 5.74) is 2.08. The molecule has 2 aliphatic rings. The highest BCUT2D eigenvalue weighted by Crippen LogP contribution is 2.32. The maximum absolute atomic E-state index is 13.3. The molecule has 3 aromatic rings. The highest BCUT2D eigenvalue weighted by atomic mass is 35.5. The molecule has 0 aliphatic carbocycles. The van der Waals surface area contributed by atoms with Crippen molar-refractivity contribution >= 4 is 11.6 Å². The number of benzene rings is 2. The molecule has 0 saturated carbocycles. The minimum absolute atomic E-state index is 0.0551. The molecule has 2 atom stereocenters. The number of fused-ring (bicyclic) bond motifs is 1. The van der Waals surface area contributed by atoms with Crippen LogP contribution in [0.15, 0.2) is 48.5 Å². The molecule has 8 heteroatoms. The van der Waals surface area contributed by atoms with Gasteiger partial charge in [0.05, 0.1) is 12.6 Å². The maximum atomic E-state index is 13.3. The summed E-state index contributed by atoms with van der Waals surface area (Å²) in [7, 11) is 0. The number of rotatable bonds is 5. The molecule has 2 unspecified atom stereocenters. The average Bonchev–Trinajstić information content (AvgIpc) is 3.41. The first-order valence-electron chi connectivity index (χ1n) is 10.4. The van der Waals surface area contributed by atoms with E-state index in [2.05, 4.69) is 37.5 Å². The van der Waals surface area contributed by atoms with Gasteiger partial charge in [-0.25, -0.2) is 9.07 Å². The molecule has 1 aromatic heterocycles. The normalized spacial score (nSPS) is 20.9. The van der Waals surface area contributed by atoms with Gasteiger partial charge in [-0.15, -0.1) is 5.10 Å². The molecule has 5 rings (SSSR count). The predicted octanol–water partition coefficient (Wildman–Crippen LogP) is 3.38. The average molecular weight is 427 g/mol. The van der Waals surface area contributed by atoms with Crippen molar-refractivity contribution in [3.8, 4) is 0 Å². The zero-order chi connectivity index (χ0) is 20.5. The summed E-state index contributed by atoms with van der Waals surface area (Å²) in [6.45, 7) is 4.72. The molecule has 0 bridgehead atoms. The van der Waals surface area contributed by atoms with Crippen molar-refractivity contribution in [1.82, 2.24) is 30.0 Å². The van der Waals surface area contributed by atoms with Crippen LogP contribution in [0.25, 0.3) is 0 Å². The third kappa shape index (κ3) is 3.97. The highest BCUT2D eigenvalue weighted by molar-refractivity contribution is 6.30. The fourth-order valence-corrected chi connectivity index (χ4v) is 4.83. The number of halogens is 2. The van der Waals surface area contributed by atoms with E-state index in [1.54, 1.807) is 12.1 Å². The lowest BCUT2D eigenvalue weighted by atomic mass is 10.0. The summed E-state index contributed by atoms with van der Waals surface area (Å²) in [5, 5.41) is 13.4. The van der Waals surface area contributed by atoms with Gasteiger partial charge in [-0.05, 0) is 65.2 Å². The third-order valence-electron chi connectivity index (χ3n) is 6.22. The summed E-state index contributed by atoms with van der Waals surface area (Å²) in [6.07, 6.45) is 2.51. The van der Waals surface area contributed by atoms with Gasteiger partial charge in [0, 0.05) is 30.7 Å². The SMILES string of the molecule is Fc1ccc(Cn2nnnc2C(c2ccc(Cl)cc2)N2CCN3CCCC3C2)cc1. The zero-order valence-electron chi connectivity index (χ0n) is 16.7. The quantitative estimate of drug-likeness (QED) is 0.626. The van der Waals surface area contributed by atoms with E-state index in [-0.39, 0.29) is 11.9 Å². The standard InChI is InChI=1S/C22H24ClFN6/c23-18-7-5-17(6-8-18)21(29-13-12-28-11-1-2-20(28)15-29)22-25-26-27-30(22)14-16-3-9-19(24)10-4-16/h3-10,20-21H,1-2,11-15H2. The van der Waals surface area contributed by atoms with Crippen LogP contribution < -0.4 is 0 Å². The highest BCUT2D eigenvalue weighted by Gasteiger charge is 2.36. The Kier molecular flexibility index (Phi) is 5.50. The monoisotopic (exact) mass is 426 g/mol. The Balaban J connectivity index is 1.48. The minimum atomic E-state index is -0.246. The van der Waals surface area contributed by atoms with Gasteiger partial charge in [-0.1, -0.05) is 35.9 Å². The van der Waals surface area contributed by atoms with Gasteiger partial charge in [-0.3, -0.25) is 9.80 Å². The minimum Gasteiger partial charge on any atom is -0.298 e. The molecule has 0 radical (unpaired) electrons. The van der Waals surface area contributed by atoms with Crippen LogP contribution in [-0.2, 0) is 6.54 Å². The fraction of sp³-hybridized carbons (Fsp3) is 0.409. The summed E-state index contributed by atoms with van der Waals surface area (Å²) in [5.74, 6) is 0.553. The van der Waals surface area contributed by atoms with E-state index < -0.39 is 0 Å². The van der Waals surface area contributed by atoms with Crippen molar-refractivity contribution < 1.29 is 4.39 Å². The van der Waals surface area contributed by atoms with Crippen molar-refractivity contribution in [3.63, 3.8) is 0 Å².